The summed E-state index contributed by atoms with van der Waals surface area (Å²) in [6, 6.07) is 10.5. The van der Waals surface area contributed by atoms with Crippen molar-refractivity contribution in [3.05, 3.63) is 53.4 Å². The van der Waals surface area contributed by atoms with Crippen molar-refractivity contribution in [3.8, 4) is 0 Å². The number of aliphatic carboxylic acids is 1. The Balaban J connectivity index is 2.17. The van der Waals surface area contributed by atoms with Crippen LogP contribution in [0, 0.1) is 0 Å². The van der Waals surface area contributed by atoms with Crippen molar-refractivity contribution >= 4 is 27.3 Å². The fourth-order valence-corrected chi connectivity index (χ4v) is 3.88. The third-order valence-electron chi connectivity index (χ3n) is 2.62. The standard InChI is InChI=1S/C13H13NO4S2/c15-13(16)11(9-10-5-2-1-3-6-10)14-20(17,18)12-7-4-8-19-12/h1-8,11,14H,9H2,(H,15,16)/p-1. The van der Waals surface area contributed by atoms with Crippen LogP contribution in [0.3, 0.4) is 0 Å². The number of hydrogen-bond acceptors (Lipinski definition) is 5. The Morgan fingerprint density at radius 2 is 1.90 bits per heavy atom. The van der Waals surface area contributed by atoms with Crippen LogP contribution >= 0.6 is 11.3 Å². The minimum absolute atomic E-state index is 0.0355. The highest BCUT2D eigenvalue weighted by Crippen LogP contribution is 2.16. The number of benzene rings is 1. The summed E-state index contributed by atoms with van der Waals surface area (Å²) in [5.41, 5.74) is 0.718. The van der Waals surface area contributed by atoms with Crippen molar-refractivity contribution in [3.63, 3.8) is 0 Å². The number of hydrogen-bond donors (Lipinski definition) is 1. The molecule has 1 atom stereocenters. The highest BCUT2D eigenvalue weighted by Gasteiger charge is 2.21. The summed E-state index contributed by atoms with van der Waals surface area (Å²) in [4.78, 5) is 11.1. The number of carbonyl (C=O) groups is 1. The largest absolute Gasteiger partial charge is 0.548 e. The molecule has 1 aromatic heterocycles. The van der Waals surface area contributed by atoms with Crippen LogP contribution in [0.25, 0.3) is 0 Å². The van der Waals surface area contributed by atoms with Crippen molar-refractivity contribution in [1.29, 1.82) is 0 Å². The van der Waals surface area contributed by atoms with Crippen LogP contribution in [0.2, 0.25) is 0 Å². The SMILES string of the molecule is O=C([O-])C(Cc1ccccc1)NS(=O)(=O)c1cccs1. The molecule has 20 heavy (non-hydrogen) atoms. The van der Waals surface area contributed by atoms with Gasteiger partial charge in [0.05, 0.1) is 12.0 Å². The van der Waals surface area contributed by atoms with Gasteiger partial charge in [0, 0.05) is 0 Å². The summed E-state index contributed by atoms with van der Waals surface area (Å²) in [5.74, 6) is -1.45. The van der Waals surface area contributed by atoms with Crippen LogP contribution in [-0.4, -0.2) is 20.4 Å². The minimum Gasteiger partial charge on any atom is -0.548 e. The first kappa shape index (κ1) is 14.7. The number of carboxylic acid groups (broad SMARTS) is 1. The predicted molar refractivity (Wildman–Crippen MR) is 73.6 cm³/mol. The Kier molecular flexibility index (Phi) is 4.53. The Morgan fingerprint density at radius 3 is 2.45 bits per heavy atom. The number of sulfonamides is 1. The number of nitrogens with one attached hydrogen (secondary N) is 1. The Hall–Kier alpha value is -1.70. The molecule has 0 radical (unpaired) electrons. The lowest BCUT2D eigenvalue weighted by atomic mass is 10.1. The molecule has 0 amide bonds. The summed E-state index contributed by atoms with van der Waals surface area (Å²) < 4.78 is 26.3. The molecule has 2 rings (SSSR count). The van der Waals surface area contributed by atoms with E-state index in [0.717, 1.165) is 16.9 Å². The van der Waals surface area contributed by atoms with E-state index >= 15 is 0 Å². The second-order valence-electron chi connectivity index (χ2n) is 4.11. The molecule has 0 aliphatic heterocycles. The molecule has 0 saturated heterocycles. The quantitative estimate of drug-likeness (QED) is 0.836. The molecule has 1 N–H and O–H groups in total. The molecule has 0 saturated carbocycles. The highest BCUT2D eigenvalue weighted by molar-refractivity contribution is 7.91. The van der Waals surface area contributed by atoms with E-state index in [1.165, 1.54) is 6.07 Å². The zero-order chi connectivity index (χ0) is 14.6. The summed E-state index contributed by atoms with van der Waals surface area (Å²) in [7, 11) is -3.83. The fraction of sp³-hybridized carbons (Fsp3) is 0.154. The molecule has 106 valence electrons. The van der Waals surface area contributed by atoms with Gasteiger partial charge in [-0.3, -0.25) is 0 Å². The monoisotopic (exact) mass is 310 g/mol. The molecule has 0 aliphatic carbocycles. The van der Waals surface area contributed by atoms with Crippen molar-refractivity contribution in [2.24, 2.45) is 0 Å². The minimum atomic E-state index is -3.83. The van der Waals surface area contributed by atoms with Gasteiger partial charge in [-0.1, -0.05) is 36.4 Å². The molecular weight excluding hydrogens is 298 g/mol. The molecule has 1 unspecified atom stereocenters. The van der Waals surface area contributed by atoms with Gasteiger partial charge in [0.2, 0.25) is 0 Å². The first-order valence-corrected chi connectivity index (χ1v) is 8.16. The summed E-state index contributed by atoms with van der Waals surface area (Å²) >= 11 is 1.03. The first-order valence-electron chi connectivity index (χ1n) is 5.79. The van der Waals surface area contributed by atoms with Gasteiger partial charge < -0.3 is 9.90 Å². The summed E-state index contributed by atoms with van der Waals surface area (Å²) in [6.45, 7) is 0. The third-order valence-corrected chi connectivity index (χ3v) is 5.49. The van der Waals surface area contributed by atoms with Gasteiger partial charge in [0.25, 0.3) is 10.0 Å². The maximum absolute atomic E-state index is 12.0. The van der Waals surface area contributed by atoms with Gasteiger partial charge in [-0.2, -0.15) is 0 Å². The molecular formula is C13H12NO4S2-. The highest BCUT2D eigenvalue weighted by atomic mass is 32.2. The molecule has 7 heteroatoms. The predicted octanol–water partition coefficient (Wildman–Crippen LogP) is 0.388. The Labute approximate surface area is 120 Å². The maximum Gasteiger partial charge on any atom is 0.250 e. The first-order chi connectivity index (χ1) is 9.49. The van der Waals surface area contributed by atoms with E-state index in [2.05, 4.69) is 4.72 Å². The number of rotatable bonds is 6. The Morgan fingerprint density at radius 1 is 1.20 bits per heavy atom. The molecule has 0 spiro atoms. The average molecular weight is 310 g/mol. The second-order valence-corrected chi connectivity index (χ2v) is 7.00. The molecule has 1 heterocycles. The van der Waals surface area contributed by atoms with Gasteiger partial charge in [-0.05, 0) is 23.4 Å². The average Bonchev–Trinajstić information content (AvgIpc) is 2.93. The van der Waals surface area contributed by atoms with Gasteiger partial charge in [0.1, 0.15) is 4.21 Å². The topological polar surface area (TPSA) is 86.3 Å². The van der Waals surface area contributed by atoms with Crippen molar-refractivity contribution < 1.29 is 18.3 Å². The van der Waals surface area contributed by atoms with E-state index in [9.17, 15) is 18.3 Å². The Bertz CT molecular complexity index is 666. The lowest BCUT2D eigenvalue weighted by molar-refractivity contribution is -0.307. The van der Waals surface area contributed by atoms with Crippen LogP contribution in [0.15, 0.2) is 52.1 Å². The van der Waals surface area contributed by atoms with E-state index in [1.54, 1.807) is 41.8 Å². The van der Waals surface area contributed by atoms with Crippen molar-refractivity contribution in [2.75, 3.05) is 0 Å². The number of carboxylic acids is 1. The van der Waals surface area contributed by atoms with Gasteiger partial charge in [-0.15, -0.1) is 11.3 Å². The van der Waals surface area contributed by atoms with Crippen LogP contribution in [0.1, 0.15) is 5.56 Å². The molecule has 0 fully saturated rings. The van der Waals surface area contributed by atoms with Gasteiger partial charge in [0.15, 0.2) is 0 Å². The van der Waals surface area contributed by atoms with Crippen LogP contribution in [0.4, 0.5) is 0 Å². The van der Waals surface area contributed by atoms with Gasteiger partial charge >= 0.3 is 0 Å². The summed E-state index contributed by atoms with van der Waals surface area (Å²) in [6.07, 6.45) is 0.0355. The zero-order valence-electron chi connectivity index (χ0n) is 10.4. The number of thiophene rings is 1. The molecule has 2 aromatic rings. The fourth-order valence-electron chi connectivity index (χ4n) is 1.68. The molecule has 0 bridgehead atoms. The van der Waals surface area contributed by atoms with Crippen molar-refractivity contribution in [1.82, 2.24) is 4.72 Å². The van der Waals surface area contributed by atoms with E-state index in [-0.39, 0.29) is 10.6 Å². The maximum atomic E-state index is 12.0. The zero-order valence-corrected chi connectivity index (χ0v) is 12.0. The molecule has 1 aromatic carbocycles. The lowest BCUT2D eigenvalue weighted by Gasteiger charge is -2.19. The van der Waals surface area contributed by atoms with E-state index in [0.29, 0.717) is 0 Å². The molecule has 5 nitrogen and oxygen atoms in total. The number of carbonyl (C=O) groups excluding carboxylic acids is 1. The van der Waals surface area contributed by atoms with Gasteiger partial charge in [-0.25, -0.2) is 13.1 Å². The van der Waals surface area contributed by atoms with E-state index in [1.807, 2.05) is 0 Å². The second kappa shape index (κ2) is 6.17. The summed E-state index contributed by atoms with van der Waals surface area (Å²) in [5, 5.41) is 12.7. The van der Waals surface area contributed by atoms with Crippen molar-refractivity contribution in [2.45, 2.75) is 16.7 Å². The lowest BCUT2D eigenvalue weighted by Crippen LogP contribution is -2.48. The van der Waals surface area contributed by atoms with E-state index in [4.69, 9.17) is 0 Å². The van der Waals surface area contributed by atoms with E-state index < -0.39 is 22.0 Å². The van der Waals surface area contributed by atoms with Crippen LogP contribution in [0.5, 0.6) is 0 Å². The van der Waals surface area contributed by atoms with Crippen LogP contribution in [-0.2, 0) is 21.2 Å². The smallest absolute Gasteiger partial charge is 0.250 e. The van der Waals surface area contributed by atoms with Crippen LogP contribution < -0.4 is 9.83 Å². The third kappa shape index (κ3) is 3.66. The normalized spacial score (nSPS) is 13.0. The molecule has 0 aliphatic rings.